The summed E-state index contributed by atoms with van der Waals surface area (Å²) in [4.78, 5) is 0. The zero-order chi connectivity index (χ0) is 7.56. The van der Waals surface area contributed by atoms with Crippen molar-refractivity contribution in [3.05, 3.63) is 32.4 Å². The first-order chi connectivity index (χ1) is 4.74. The van der Waals surface area contributed by atoms with E-state index in [0.29, 0.717) is 0 Å². The van der Waals surface area contributed by atoms with E-state index in [2.05, 4.69) is 51.2 Å². The Labute approximate surface area is 92.6 Å². The van der Waals surface area contributed by atoms with Gasteiger partial charge < -0.3 is 0 Å². The monoisotopic (exact) mass is 378 g/mol. The lowest BCUT2D eigenvalue weighted by Gasteiger charge is -1.97. The molecule has 0 aliphatic rings. The van der Waals surface area contributed by atoms with Crippen molar-refractivity contribution in [3.8, 4) is 0 Å². The van der Waals surface area contributed by atoms with Gasteiger partial charge in [0.25, 0.3) is 0 Å². The molecule has 1 rings (SSSR count). The van der Waals surface area contributed by atoms with E-state index in [4.69, 9.17) is 11.6 Å². The molecule has 0 aromatic heterocycles. The summed E-state index contributed by atoms with van der Waals surface area (Å²) >= 11 is 10.4. The first-order valence-electron chi connectivity index (χ1n) is 2.74. The van der Waals surface area contributed by atoms with Crippen molar-refractivity contribution in [2.24, 2.45) is 0 Å². The lowest BCUT2D eigenvalue weighted by Crippen LogP contribution is -1.78. The predicted molar refractivity (Wildman–Crippen MR) is 61.9 cm³/mol. The molecule has 0 amide bonds. The van der Waals surface area contributed by atoms with Crippen molar-refractivity contribution in [2.45, 2.75) is 4.43 Å². The van der Waals surface area contributed by atoms with Gasteiger partial charge >= 0.3 is 0 Å². The second-order valence-corrected chi connectivity index (χ2v) is 4.21. The molecule has 3 heteroatoms. The number of rotatable bonds is 1. The summed E-state index contributed by atoms with van der Waals surface area (Å²) < 4.78 is 2.14. The van der Waals surface area contributed by atoms with Crippen LogP contribution in [0, 0.1) is 3.57 Å². The van der Waals surface area contributed by atoms with E-state index < -0.39 is 0 Å². The Bertz CT molecular complexity index is 235. The minimum absolute atomic E-state index is 0.856. The molecule has 1 aromatic carbocycles. The molecule has 1 aromatic rings. The highest BCUT2D eigenvalue weighted by Crippen LogP contribution is 2.20. The van der Waals surface area contributed by atoms with Crippen molar-refractivity contribution < 1.29 is 0 Å². The molecule has 0 aliphatic heterocycles. The molecular formula is C7H5ClI2. The Morgan fingerprint density at radius 2 is 2.10 bits per heavy atom. The highest BCUT2D eigenvalue weighted by atomic mass is 127. The molecule has 10 heavy (non-hydrogen) atoms. The first-order valence-corrected chi connectivity index (χ1v) is 5.72. The highest BCUT2D eigenvalue weighted by Gasteiger charge is 1.96. The van der Waals surface area contributed by atoms with Crippen molar-refractivity contribution in [1.29, 1.82) is 0 Å². The molecule has 0 saturated carbocycles. The minimum atomic E-state index is 0.856. The molecule has 0 fully saturated rings. The smallest absolute Gasteiger partial charge is 0.0542 e. The second-order valence-electron chi connectivity index (χ2n) is 1.88. The van der Waals surface area contributed by atoms with Crippen LogP contribution >= 0.6 is 56.8 Å². The summed E-state index contributed by atoms with van der Waals surface area (Å²) in [6.45, 7) is 0. The lowest BCUT2D eigenvalue weighted by atomic mass is 10.2. The van der Waals surface area contributed by atoms with Gasteiger partial charge in [0.2, 0.25) is 0 Å². The average Bonchev–Trinajstić information content (AvgIpc) is 1.95. The summed E-state index contributed by atoms with van der Waals surface area (Å²) in [6.07, 6.45) is 0. The zero-order valence-corrected chi connectivity index (χ0v) is 10.1. The van der Waals surface area contributed by atoms with Crippen LogP contribution in [0.3, 0.4) is 0 Å². The molecular weight excluding hydrogens is 373 g/mol. The van der Waals surface area contributed by atoms with Gasteiger partial charge in [0, 0.05) is 8.00 Å². The van der Waals surface area contributed by atoms with Gasteiger partial charge in [0.1, 0.15) is 0 Å². The Kier molecular flexibility index (Phi) is 3.72. The van der Waals surface area contributed by atoms with Crippen LogP contribution in [-0.4, -0.2) is 0 Å². The lowest BCUT2D eigenvalue weighted by molar-refractivity contribution is 1.44. The summed E-state index contributed by atoms with van der Waals surface area (Å²) in [7, 11) is 0. The van der Waals surface area contributed by atoms with Crippen LogP contribution < -0.4 is 0 Å². The molecule has 0 aliphatic carbocycles. The number of hydrogen-bond acceptors (Lipinski definition) is 0. The topological polar surface area (TPSA) is 0 Å². The Balaban J connectivity index is 3.04. The van der Waals surface area contributed by atoms with E-state index in [1.807, 2.05) is 12.1 Å². The standard InChI is InChI=1S/C7H5ClI2/c8-6-3-5(4-9)1-2-7(6)10/h1-3H,4H2. The van der Waals surface area contributed by atoms with E-state index in [-0.39, 0.29) is 0 Å². The third-order valence-electron chi connectivity index (χ3n) is 1.14. The van der Waals surface area contributed by atoms with Crippen LogP contribution in [-0.2, 0) is 4.43 Å². The maximum absolute atomic E-state index is 5.88. The van der Waals surface area contributed by atoms with Gasteiger partial charge in [-0.25, -0.2) is 0 Å². The largest absolute Gasteiger partial charge is 0.0832 e. The molecule has 0 atom stereocenters. The molecule has 0 heterocycles. The predicted octanol–water partition coefficient (Wildman–Crippen LogP) is 3.88. The Morgan fingerprint density at radius 3 is 2.60 bits per heavy atom. The summed E-state index contributed by atoms with van der Waals surface area (Å²) in [5.74, 6) is 0. The Hall–Kier alpha value is 0.970. The molecule has 0 radical (unpaired) electrons. The van der Waals surface area contributed by atoms with E-state index in [0.717, 1.165) is 13.0 Å². The van der Waals surface area contributed by atoms with Crippen LogP contribution in [0.5, 0.6) is 0 Å². The molecule has 0 nitrogen and oxygen atoms in total. The highest BCUT2D eigenvalue weighted by molar-refractivity contribution is 14.1. The van der Waals surface area contributed by atoms with Crippen LogP contribution in [0.15, 0.2) is 18.2 Å². The maximum Gasteiger partial charge on any atom is 0.0542 e. The SMILES string of the molecule is Clc1cc(CI)ccc1I. The molecule has 0 N–H and O–H groups in total. The van der Waals surface area contributed by atoms with Crippen molar-refractivity contribution in [2.75, 3.05) is 0 Å². The van der Waals surface area contributed by atoms with Crippen molar-refractivity contribution >= 4 is 56.8 Å². The average molecular weight is 378 g/mol. The van der Waals surface area contributed by atoms with E-state index in [1.165, 1.54) is 5.56 Å². The van der Waals surface area contributed by atoms with Gasteiger partial charge in [0.05, 0.1) is 5.02 Å². The molecule has 0 bridgehead atoms. The van der Waals surface area contributed by atoms with Gasteiger partial charge in [-0.1, -0.05) is 40.3 Å². The number of alkyl halides is 1. The minimum Gasteiger partial charge on any atom is -0.0832 e. The zero-order valence-electron chi connectivity index (χ0n) is 5.07. The van der Waals surface area contributed by atoms with Crippen LogP contribution in [0.4, 0.5) is 0 Å². The fourth-order valence-electron chi connectivity index (χ4n) is 0.623. The van der Waals surface area contributed by atoms with E-state index in [9.17, 15) is 0 Å². The summed E-state index contributed by atoms with van der Waals surface area (Å²) in [6, 6.07) is 6.15. The quantitative estimate of drug-likeness (QED) is 0.514. The van der Waals surface area contributed by atoms with Crippen LogP contribution in [0.2, 0.25) is 5.02 Å². The summed E-state index contributed by atoms with van der Waals surface area (Å²) in [5, 5.41) is 0.856. The van der Waals surface area contributed by atoms with Crippen LogP contribution in [0.25, 0.3) is 0 Å². The van der Waals surface area contributed by atoms with Gasteiger partial charge in [-0.2, -0.15) is 0 Å². The third kappa shape index (κ3) is 2.23. The molecule has 54 valence electrons. The fourth-order valence-corrected chi connectivity index (χ4v) is 1.64. The maximum atomic E-state index is 5.88. The normalized spacial score (nSPS) is 9.90. The van der Waals surface area contributed by atoms with E-state index >= 15 is 0 Å². The van der Waals surface area contributed by atoms with Crippen molar-refractivity contribution in [3.63, 3.8) is 0 Å². The van der Waals surface area contributed by atoms with Gasteiger partial charge in [0.15, 0.2) is 0 Å². The fraction of sp³-hybridized carbons (Fsp3) is 0.143. The van der Waals surface area contributed by atoms with Gasteiger partial charge in [-0.15, -0.1) is 0 Å². The molecule has 0 saturated heterocycles. The number of halogens is 3. The van der Waals surface area contributed by atoms with Gasteiger partial charge in [-0.3, -0.25) is 0 Å². The number of benzene rings is 1. The van der Waals surface area contributed by atoms with Gasteiger partial charge in [-0.05, 0) is 40.3 Å². The van der Waals surface area contributed by atoms with Crippen molar-refractivity contribution in [1.82, 2.24) is 0 Å². The Morgan fingerprint density at radius 1 is 1.40 bits per heavy atom. The molecule has 0 unspecified atom stereocenters. The third-order valence-corrected chi connectivity index (χ3v) is 3.59. The molecule has 0 spiro atoms. The first kappa shape index (κ1) is 9.06. The summed E-state index contributed by atoms with van der Waals surface area (Å²) in [5.41, 5.74) is 1.28. The van der Waals surface area contributed by atoms with Crippen LogP contribution in [0.1, 0.15) is 5.56 Å². The number of hydrogen-bond donors (Lipinski definition) is 0. The second kappa shape index (κ2) is 4.11. The van der Waals surface area contributed by atoms with E-state index in [1.54, 1.807) is 0 Å².